The van der Waals surface area contributed by atoms with Gasteiger partial charge in [0.05, 0.1) is 11.3 Å². The molecule has 3 rings (SSSR count). The van der Waals surface area contributed by atoms with Crippen LogP contribution in [-0.2, 0) is 13.0 Å². The molecule has 2 aromatic rings. The number of hydrogen-bond donors (Lipinski definition) is 1. The molecule has 1 aliphatic heterocycles. The molecule has 2 N–H and O–H groups in total. The zero-order valence-electron chi connectivity index (χ0n) is 22.6. The van der Waals surface area contributed by atoms with Gasteiger partial charge in [-0.2, -0.15) is 18.3 Å². The summed E-state index contributed by atoms with van der Waals surface area (Å²) in [6.45, 7) is 10.6. The largest absolute Gasteiger partial charge is 0.416 e. The molecular formula is C30H39F3N4. The lowest BCUT2D eigenvalue weighted by Crippen LogP contribution is -2.11. The van der Waals surface area contributed by atoms with Crippen molar-refractivity contribution in [1.82, 2.24) is 14.8 Å². The highest BCUT2D eigenvalue weighted by molar-refractivity contribution is 5.74. The summed E-state index contributed by atoms with van der Waals surface area (Å²) >= 11 is 0. The van der Waals surface area contributed by atoms with Crippen molar-refractivity contribution < 1.29 is 13.2 Å². The van der Waals surface area contributed by atoms with E-state index >= 15 is 0 Å². The number of aromatic nitrogens is 3. The maximum atomic E-state index is 13.1. The van der Waals surface area contributed by atoms with Crippen molar-refractivity contribution in [3.05, 3.63) is 82.4 Å². The van der Waals surface area contributed by atoms with Crippen LogP contribution >= 0.6 is 0 Å². The standard InChI is InChI=1S/C17H21F3N2.C13H18N2/c1-3-7-13(11-14(8-4-2)17(18,19)20)16-12-15-9-5-6-10-22(15)21-16;1-4-6-12-11(9-10(3)5-2)7-8-15-13(12)14/h3,7-8,11-12H,4-6,9-10H2,1-2H3;4,6-9H,5H2,1-3H3,(H2,14,15)/b7-3-,13-11+,14-8-;6-4-,10-9+. The van der Waals surface area contributed by atoms with Crippen LogP contribution in [0, 0.1) is 0 Å². The lowest BCUT2D eigenvalue weighted by atomic mass is 10.0. The van der Waals surface area contributed by atoms with Gasteiger partial charge in [0.2, 0.25) is 0 Å². The summed E-state index contributed by atoms with van der Waals surface area (Å²) in [5, 5.41) is 4.47. The smallest absolute Gasteiger partial charge is 0.383 e. The number of fused-ring (bicyclic) bond motifs is 1. The molecule has 0 saturated carbocycles. The van der Waals surface area contributed by atoms with E-state index in [0.29, 0.717) is 23.5 Å². The third-order valence-corrected chi connectivity index (χ3v) is 5.97. The minimum absolute atomic E-state index is 0.341. The van der Waals surface area contributed by atoms with Gasteiger partial charge < -0.3 is 5.73 Å². The first-order valence-electron chi connectivity index (χ1n) is 12.9. The number of nitrogens with two attached hydrogens (primary N) is 1. The third kappa shape index (κ3) is 8.92. The Balaban J connectivity index is 0.000000281. The first-order chi connectivity index (χ1) is 17.6. The van der Waals surface area contributed by atoms with E-state index in [0.717, 1.165) is 49.0 Å². The highest BCUT2D eigenvalue weighted by Crippen LogP contribution is 2.31. The predicted octanol–water partition coefficient (Wildman–Crippen LogP) is 8.59. The van der Waals surface area contributed by atoms with Gasteiger partial charge in [0.25, 0.3) is 0 Å². The number of aryl methyl sites for hydroxylation is 2. The third-order valence-electron chi connectivity index (χ3n) is 5.97. The van der Waals surface area contributed by atoms with Gasteiger partial charge in [0.15, 0.2) is 0 Å². The molecule has 0 amide bonds. The molecule has 0 saturated heterocycles. The van der Waals surface area contributed by atoms with Crippen LogP contribution in [0.5, 0.6) is 0 Å². The number of nitrogen functional groups attached to an aromatic ring is 1. The minimum Gasteiger partial charge on any atom is -0.383 e. The molecule has 0 radical (unpaired) electrons. The number of pyridine rings is 1. The summed E-state index contributed by atoms with van der Waals surface area (Å²) in [6.07, 6.45) is 13.9. The zero-order valence-corrected chi connectivity index (χ0v) is 22.6. The SMILES string of the molecule is C/C=C\c1c(/C=C(\C)CC)ccnc1N.C\C=C/C(=C\C(=C\CC)C(F)(F)F)c1cc2n(n1)CCCC2. The van der Waals surface area contributed by atoms with E-state index in [2.05, 4.69) is 30.0 Å². The Morgan fingerprint density at radius 3 is 2.51 bits per heavy atom. The van der Waals surface area contributed by atoms with Gasteiger partial charge >= 0.3 is 6.18 Å². The summed E-state index contributed by atoms with van der Waals surface area (Å²) < 4.78 is 41.2. The molecule has 2 aromatic heterocycles. The molecule has 0 aromatic carbocycles. The average molecular weight is 513 g/mol. The highest BCUT2D eigenvalue weighted by atomic mass is 19.4. The Kier molecular flexibility index (Phi) is 11.6. The quantitative estimate of drug-likeness (QED) is 0.378. The Bertz CT molecular complexity index is 1150. The summed E-state index contributed by atoms with van der Waals surface area (Å²) in [7, 11) is 0. The van der Waals surface area contributed by atoms with E-state index in [9.17, 15) is 13.2 Å². The number of rotatable bonds is 7. The predicted molar refractivity (Wildman–Crippen MR) is 150 cm³/mol. The van der Waals surface area contributed by atoms with E-state index in [1.54, 1.807) is 32.2 Å². The lowest BCUT2D eigenvalue weighted by Gasteiger charge is -2.11. The van der Waals surface area contributed by atoms with Crippen molar-refractivity contribution in [2.24, 2.45) is 0 Å². The maximum absolute atomic E-state index is 13.1. The molecule has 0 unspecified atom stereocenters. The van der Waals surface area contributed by atoms with Crippen LogP contribution in [-0.4, -0.2) is 20.9 Å². The van der Waals surface area contributed by atoms with Crippen LogP contribution < -0.4 is 5.73 Å². The monoisotopic (exact) mass is 512 g/mol. The van der Waals surface area contributed by atoms with Gasteiger partial charge in [0.1, 0.15) is 5.82 Å². The number of hydrogen-bond acceptors (Lipinski definition) is 3. The Morgan fingerprint density at radius 2 is 1.92 bits per heavy atom. The van der Waals surface area contributed by atoms with Gasteiger partial charge in [-0.05, 0) is 76.6 Å². The maximum Gasteiger partial charge on any atom is 0.416 e. The second kappa shape index (κ2) is 14.4. The van der Waals surface area contributed by atoms with Gasteiger partial charge in [-0.1, -0.05) is 55.9 Å². The molecule has 200 valence electrons. The van der Waals surface area contributed by atoms with Gasteiger partial charge in [0, 0.05) is 29.6 Å². The summed E-state index contributed by atoms with van der Waals surface area (Å²) in [4.78, 5) is 4.09. The van der Waals surface area contributed by atoms with Crippen molar-refractivity contribution in [3.8, 4) is 0 Å². The van der Waals surface area contributed by atoms with E-state index < -0.39 is 11.7 Å². The van der Waals surface area contributed by atoms with E-state index in [1.807, 2.05) is 35.9 Å². The summed E-state index contributed by atoms with van der Waals surface area (Å²) in [6, 6.07) is 3.90. The van der Waals surface area contributed by atoms with Gasteiger partial charge in [-0.15, -0.1) is 0 Å². The van der Waals surface area contributed by atoms with Crippen LogP contribution in [0.4, 0.5) is 19.0 Å². The van der Waals surface area contributed by atoms with E-state index in [1.165, 1.54) is 17.7 Å². The number of alkyl halides is 3. The molecule has 1 aliphatic rings. The molecule has 0 aliphatic carbocycles. The first-order valence-corrected chi connectivity index (χ1v) is 12.9. The number of nitrogens with zero attached hydrogens (tertiary/aromatic N) is 3. The molecule has 4 nitrogen and oxygen atoms in total. The van der Waals surface area contributed by atoms with Crippen LogP contribution in [0.15, 0.2) is 59.9 Å². The van der Waals surface area contributed by atoms with Gasteiger partial charge in [-0.3, -0.25) is 4.68 Å². The second-order valence-corrected chi connectivity index (χ2v) is 8.91. The fourth-order valence-electron chi connectivity index (χ4n) is 3.94. The molecule has 0 bridgehead atoms. The Labute approximate surface area is 219 Å². The topological polar surface area (TPSA) is 56.7 Å². The number of anilines is 1. The highest BCUT2D eigenvalue weighted by Gasteiger charge is 2.32. The fourth-order valence-corrected chi connectivity index (χ4v) is 3.94. The van der Waals surface area contributed by atoms with E-state index in [-0.39, 0.29) is 0 Å². The molecule has 7 heteroatoms. The molecule has 0 spiro atoms. The minimum atomic E-state index is -4.35. The van der Waals surface area contributed by atoms with Crippen LogP contribution in [0.2, 0.25) is 0 Å². The van der Waals surface area contributed by atoms with Crippen molar-refractivity contribution >= 4 is 23.5 Å². The molecular weight excluding hydrogens is 473 g/mol. The van der Waals surface area contributed by atoms with Crippen molar-refractivity contribution in [2.75, 3.05) is 5.73 Å². The molecule has 0 atom stereocenters. The zero-order chi connectivity index (χ0) is 27.4. The Morgan fingerprint density at radius 1 is 1.16 bits per heavy atom. The van der Waals surface area contributed by atoms with E-state index in [4.69, 9.17) is 5.73 Å². The van der Waals surface area contributed by atoms with Crippen molar-refractivity contribution in [1.29, 1.82) is 0 Å². The molecule has 37 heavy (non-hydrogen) atoms. The van der Waals surface area contributed by atoms with Gasteiger partial charge in [-0.25, -0.2) is 4.98 Å². The second-order valence-electron chi connectivity index (χ2n) is 8.91. The number of allylic oxidation sites excluding steroid dienone is 8. The molecule has 3 heterocycles. The van der Waals surface area contributed by atoms with Crippen LogP contribution in [0.25, 0.3) is 17.7 Å². The van der Waals surface area contributed by atoms with Crippen LogP contribution in [0.1, 0.15) is 82.8 Å². The summed E-state index contributed by atoms with van der Waals surface area (Å²) in [5.41, 5.74) is 10.9. The first kappa shape index (κ1) is 29.9. The lowest BCUT2D eigenvalue weighted by molar-refractivity contribution is -0.0883. The van der Waals surface area contributed by atoms with Crippen molar-refractivity contribution in [3.63, 3.8) is 0 Å². The molecule has 0 fully saturated rings. The average Bonchev–Trinajstić information content (AvgIpc) is 3.29. The summed E-state index contributed by atoms with van der Waals surface area (Å²) in [5.74, 6) is 0.589. The Hall–Kier alpha value is -3.35. The fraction of sp³-hybridized carbons (Fsp3) is 0.400. The van der Waals surface area contributed by atoms with Crippen molar-refractivity contribution in [2.45, 2.75) is 79.4 Å². The normalized spacial score (nSPS) is 15.2. The number of halogens is 3. The van der Waals surface area contributed by atoms with Crippen LogP contribution in [0.3, 0.4) is 0 Å².